The highest BCUT2D eigenvalue weighted by Crippen LogP contribution is 2.29. The smallest absolute Gasteiger partial charge is 0.168 e. The maximum atomic E-state index is 5.97. The zero-order chi connectivity index (χ0) is 15.4. The van der Waals surface area contributed by atoms with Crippen molar-refractivity contribution < 1.29 is 4.74 Å². The second kappa shape index (κ2) is 6.87. The Balaban J connectivity index is 2.34. The number of hydrogen-bond acceptors (Lipinski definition) is 4. The number of hydrogen-bond donors (Lipinski definition) is 1. The minimum Gasteiger partial charge on any atom is -0.453 e. The van der Waals surface area contributed by atoms with Gasteiger partial charge in [0.05, 0.1) is 6.20 Å². The van der Waals surface area contributed by atoms with E-state index in [2.05, 4.69) is 29.1 Å². The summed E-state index contributed by atoms with van der Waals surface area (Å²) in [6.45, 7) is 6.73. The van der Waals surface area contributed by atoms with Crippen LogP contribution < -0.4 is 10.1 Å². The van der Waals surface area contributed by atoms with Crippen LogP contribution in [0.15, 0.2) is 24.4 Å². The molecule has 2 rings (SSSR count). The third kappa shape index (κ3) is 3.93. The molecule has 0 spiro atoms. The van der Waals surface area contributed by atoms with Gasteiger partial charge in [-0.2, -0.15) is 0 Å². The van der Waals surface area contributed by atoms with Crippen LogP contribution in [0.25, 0.3) is 0 Å². The molecular weight excluding hydrogens is 286 g/mol. The lowest BCUT2D eigenvalue weighted by molar-refractivity contribution is 0.461. The quantitative estimate of drug-likeness (QED) is 0.904. The fourth-order valence-electron chi connectivity index (χ4n) is 1.92. The fraction of sp³-hybridized carbons (Fsp3) is 0.375. The summed E-state index contributed by atoms with van der Waals surface area (Å²) < 4.78 is 5.96. The average Bonchev–Trinajstić information content (AvgIpc) is 2.43. The van der Waals surface area contributed by atoms with Gasteiger partial charge in [-0.1, -0.05) is 25.4 Å². The number of rotatable bonds is 5. The van der Waals surface area contributed by atoms with Gasteiger partial charge in [0.25, 0.3) is 0 Å². The van der Waals surface area contributed by atoms with Crippen molar-refractivity contribution in [3.63, 3.8) is 0 Å². The number of nitrogens with zero attached hydrogens (tertiary/aromatic N) is 2. The summed E-state index contributed by atoms with van der Waals surface area (Å²) in [5.74, 6) is 2.53. The second-order valence-electron chi connectivity index (χ2n) is 5.24. The van der Waals surface area contributed by atoms with Gasteiger partial charge in [-0.25, -0.2) is 9.97 Å². The highest BCUT2D eigenvalue weighted by atomic mass is 35.5. The van der Waals surface area contributed by atoms with E-state index in [9.17, 15) is 0 Å². The van der Waals surface area contributed by atoms with Gasteiger partial charge in [-0.15, -0.1) is 0 Å². The van der Waals surface area contributed by atoms with E-state index in [0.717, 1.165) is 22.8 Å². The minimum atomic E-state index is 0.284. The summed E-state index contributed by atoms with van der Waals surface area (Å²) in [5.41, 5.74) is 1.83. The SMILES string of the molecule is CNCc1nc(C(C)C)ncc1Oc1ccc(Cl)cc1C. The number of aromatic nitrogens is 2. The first-order valence-corrected chi connectivity index (χ1v) is 7.33. The monoisotopic (exact) mass is 305 g/mol. The molecule has 0 bridgehead atoms. The molecular formula is C16H20ClN3O. The molecule has 0 atom stereocenters. The third-order valence-electron chi connectivity index (χ3n) is 3.07. The highest BCUT2D eigenvalue weighted by Gasteiger charge is 2.12. The molecule has 0 unspecified atom stereocenters. The van der Waals surface area contributed by atoms with Crippen molar-refractivity contribution in [2.45, 2.75) is 33.2 Å². The van der Waals surface area contributed by atoms with Crippen LogP contribution in [0.4, 0.5) is 0 Å². The van der Waals surface area contributed by atoms with Crippen LogP contribution in [0.1, 0.15) is 36.8 Å². The Morgan fingerprint density at radius 1 is 1.29 bits per heavy atom. The molecule has 2 aromatic rings. The van der Waals surface area contributed by atoms with E-state index < -0.39 is 0 Å². The Labute approximate surface area is 130 Å². The topological polar surface area (TPSA) is 47.0 Å². The summed E-state index contributed by atoms with van der Waals surface area (Å²) in [7, 11) is 1.88. The summed E-state index contributed by atoms with van der Waals surface area (Å²) in [6.07, 6.45) is 1.74. The van der Waals surface area contributed by atoms with E-state index in [0.29, 0.717) is 17.3 Å². The van der Waals surface area contributed by atoms with E-state index in [1.807, 2.05) is 32.2 Å². The van der Waals surface area contributed by atoms with Crippen LogP contribution in [0.3, 0.4) is 0 Å². The van der Waals surface area contributed by atoms with Crippen molar-refractivity contribution in [2.24, 2.45) is 0 Å². The number of nitrogens with one attached hydrogen (secondary N) is 1. The highest BCUT2D eigenvalue weighted by molar-refractivity contribution is 6.30. The molecule has 1 aromatic heterocycles. The van der Waals surface area contributed by atoms with Gasteiger partial charge in [0.15, 0.2) is 5.75 Å². The number of halogens is 1. The van der Waals surface area contributed by atoms with E-state index >= 15 is 0 Å². The zero-order valence-electron chi connectivity index (χ0n) is 12.8. The largest absolute Gasteiger partial charge is 0.453 e. The standard InChI is InChI=1S/C16H20ClN3O/c1-10(2)16-19-9-15(13(20-16)8-18-4)21-14-6-5-12(17)7-11(14)3/h5-7,9-10,18H,8H2,1-4H3. The molecule has 0 saturated heterocycles. The van der Waals surface area contributed by atoms with Crippen LogP contribution in [-0.4, -0.2) is 17.0 Å². The molecule has 1 aromatic carbocycles. The lowest BCUT2D eigenvalue weighted by Crippen LogP contribution is -2.11. The van der Waals surface area contributed by atoms with E-state index in [1.54, 1.807) is 6.20 Å². The van der Waals surface area contributed by atoms with Gasteiger partial charge < -0.3 is 10.1 Å². The first-order valence-electron chi connectivity index (χ1n) is 6.95. The first kappa shape index (κ1) is 15.7. The lowest BCUT2D eigenvalue weighted by Gasteiger charge is -2.14. The van der Waals surface area contributed by atoms with Crippen molar-refractivity contribution in [3.8, 4) is 11.5 Å². The predicted molar refractivity (Wildman–Crippen MR) is 85.1 cm³/mol. The van der Waals surface area contributed by atoms with Gasteiger partial charge in [-0.3, -0.25) is 0 Å². The Morgan fingerprint density at radius 2 is 2.05 bits per heavy atom. The average molecular weight is 306 g/mol. The molecule has 1 heterocycles. The molecule has 0 amide bonds. The molecule has 0 fully saturated rings. The number of aryl methyl sites for hydroxylation is 1. The van der Waals surface area contributed by atoms with Crippen LogP contribution in [0.2, 0.25) is 5.02 Å². The third-order valence-corrected chi connectivity index (χ3v) is 3.30. The Morgan fingerprint density at radius 3 is 2.67 bits per heavy atom. The summed E-state index contributed by atoms with van der Waals surface area (Å²) in [5, 5.41) is 3.80. The molecule has 0 saturated carbocycles. The number of benzene rings is 1. The van der Waals surface area contributed by atoms with E-state index in [4.69, 9.17) is 16.3 Å². The normalized spacial score (nSPS) is 11.0. The van der Waals surface area contributed by atoms with E-state index in [1.165, 1.54) is 0 Å². The summed E-state index contributed by atoms with van der Waals surface area (Å²) in [4.78, 5) is 8.96. The molecule has 21 heavy (non-hydrogen) atoms. The zero-order valence-corrected chi connectivity index (χ0v) is 13.5. The minimum absolute atomic E-state index is 0.284. The van der Waals surface area contributed by atoms with Gasteiger partial charge >= 0.3 is 0 Å². The van der Waals surface area contributed by atoms with Gasteiger partial charge in [0.1, 0.15) is 17.3 Å². The summed E-state index contributed by atoms with van der Waals surface area (Å²) in [6, 6.07) is 5.54. The van der Waals surface area contributed by atoms with Crippen LogP contribution in [-0.2, 0) is 6.54 Å². The molecule has 5 heteroatoms. The van der Waals surface area contributed by atoms with Crippen molar-refractivity contribution in [1.29, 1.82) is 0 Å². The maximum Gasteiger partial charge on any atom is 0.168 e. The second-order valence-corrected chi connectivity index (χ2v) is 5.67. The Bertz CT molecular complexity index is 629. The Kier molecular flexibility index (Phi) is 5.15. The molecule has 0 aliphatic heterocycles. The fourth-order valence-corrected chi connectivity index (χ4v) is 2.15. The van der Waals surface area contributed by atoms with Crippen LogP contribution >= 0.6 is 11.6 Å². The lowest BCUT2D eigenvalue weighted by atomic mass is 10.2. The predicted octanol–water partition coefficient (Wildman–Crippen LogP) is 4.07. The van der Waals surface area contributed by atoms with Crippen molar-refractivity contribution >= 4 is 11.6 Å². The Hall–Kier alpha value is -1.65. The maximum absolute atomic E-state index is 5.97. The van der Waals surface area contributed by atoms with Crippen molar-refractivity contribution in [2.75, 3.05) is 7.05 Å². The first-order chi connectivity index (χ1) is 10.0. The van der Waals surface area contributed by atoms with Crippen molar-refractivity contribution in [1.82, 2.24) is 15.3 Å². The van der Waals surface area contributed by atoms with Crippen LogP contribution in [0.5, 0.6) is 11.5 Å². The van der Waals surface area contributed by atoms with Gasteiger partial charge in [-0.05, 0) is 37.7 Å². The van der Waals surface area contributed by atoms with Crippen molar-refractivity contribution in [3.05, 3.63) is 46.5 Å². The van der Waals surface area contributed by atoms with Gasteiger partial charge in [0.2, 0.25) is 0 Å². The molecule has 0 aliphatic carbocycles. The molecule has 0 aliphatic rings. The number of ether oxygens (including phenoxy) is 1. The molecule has 0 radical (unpaired) electrons. The van der Waals surface area contributed by atoms with Gasteiger partial charge in [0, 0.05) is 17.5 Å². The summed E-state index contributed by atoms with van der Waals surface area (Å²) >= 11 is 5.97. The van der Waals surface area contributed by atoms with E-state index in [-0.39, 0.29) is 5.92 Å². The van der Waals surface area contributed by atoms with Crippen LogP contribution in [0, 0.1) is 6.92 Å². The molecule has 4 nitrogen and oxygen atoms in total. The molecule has 112 valence electrons. The molecule has 1 N–H and O–H groups in total.